The van der Waals surface area contributed by atoms with Crippen LogP contribution in [0.1, 0.15) is 39.0 Å². The molecule has 0 aliphatic carbocycles. The predicted octanol–water partition coefficient (Wildman–Crippen LogP) is 4.55. The van der Waals surface area contributed by atoms with E-state index in [-0.39, 0.29) is 11.9 Å². The average Bonchev–Trinajstić information content (AvgIpc) is 3.23. The number of aryl methyl sites for hydroxylation is 3. The van der Waals surface area contributed by atoms with Crippen molar-refractivity contribution >= 4 is 17.7 Å². The Kier molecular flexibility index (Phi) is 7.29. The summed E-state index contributed by atoms with van der Waals surface area (Å²) < 4.78 is 11.4. The van der Waals surface area contributed by atoms with Crippen molar-refractivity contribution in [1.82, 2.24) is 15.2 Å². The second-order valence-electron chi connectivity index (χ2n) is 8.03. The molecule has 1 atom stereocenters. The first kappa shape index (κ1) is 22.6. The van der Waals surface area contributed by atoms with Crippen molar-refractivity contribution in [2.45, 2.75) is 36.7 Å². The minimum atomic E-state index is -0.133. The van der Waals surface area contributed by atoms with E-state index in [4.69, 9.17) is 9.15 Å². The SMILES string of the molecule is Cc1ccc(C(CNC(=O)c2cccnc2Sc2ccc(C)c(C)c2)N2CCOCC2)o1. The van der Waals surface area contributed by atoms with Gasteiger partial charge in [-0.15, -0.1) is 0 Å². The summed E-state index contributed by atoms with van der Waals surface area (Å²) in [7, 11) is 0. The zero-order valence-corrected chi connectivity index (χ0v) is 19.6. The summed E-state index contributed by atoms with van der Waals surface area (Å²) in [6, 6.07) is 13.8. The van der Waals surface area contributed by atoms with Gasteiger partial charge in [-0.2, -0.15) is 0 Å². The van der Waals surface area contributed by atoms with Crippen LogP contribution in [0.15, 0.2) is 63.0 Å². The Morgan fingerprint density at radius 2 is 1.94 bits per heavy atom. The molecule has 1 aliphatic heterocycles. The van der Waals surface area contributed by atoms with Crippen molar-refractivity contribution < 1.29 is 13.9 Å². The molecular formula is C25H29N3O3S. The minimum Gasteiger partial charge on any atom is -0.465 e. The summed E-state index contributed by atoms with van der Waals surface area (Å²) in [5, 5.41) is 3.82. The van der Waals surface area contributed by atoms with Crippen molar-refractivity contribution in [2.24, 2.45) is 0 Å². The first-order valence-electron chi connectivity index (χ1n) is 10.9. The third kappa shape index (κ3) is 5.41. The van der Waals surface area contributed by atoms with E-state index in [1.807, 2.05) is 25.1 Å². The second kappa shape index (κ2) is 10.3. The molecule has 3 heterocycles. The van der Waals surface area contributed by atoms with Crippen LogP contribution in [0.25, 0.3) is 0 Å². The summed E-state index contributed by atoms with van der Waals surface area (Å²) in [4.78, 5) is 21.0. The molecule has 168 valence electrons. The number of hydrogen-bond donors (Lipinski definition) is 1. The fraction of sp³-hybridized carbons (Fsp3) is 0.360. The molecule has 2 aromatic heterocycles. The molecule has 0 spiro atoms. The van der Waals surface area contributed by atoms with Gasteiger partial charge in [0, 0.05) is 30.7 Å². The largest absolute Gasteiger partial charge is 0.465 e. The Labute approximate surface area is 193 Å². The number of amides is 1. The molecule has 6 nitrogen and oxygen atoms in total. The fourth-order valence-electron chi connectivity index (χ4n) is 3.75. The maximum atomic E-state index is 13.2. The highest BCUT2D eigenvalue weighted by Gasteiger charge is 2.26. The Bertz CT molecular complexity index is 1080. The second-order valence-corrected chi connectivity index (χ2v) is 9.09. The van der Waals surface area contributed by atoms with Crippen LogP contribution in [0.3, 0.4) is 0 Å². The standard InChI is InChI=1S/C25H29N3O3S/c1-17-6-8-20(15-18(17)2)32-25-21(5-4-10-26-25)24(29)27-16-22(23-9-7-19(3)31-23)28-11-13-30-14-12-28/h4-10,15,22H,11-14,16H2,1-3H3,(H,27,29). The van der Waals surface area contributed by atoms with Gasteiger partial charge in [0.25, 0.3) is 5.91 Å². The first-order valence-corrected chi connectivity index (χ1v) is 11.7. The highest BCUT2D eigenvalue weighted by Crippen LogP contribution is 2.30. The third-order valence-electron chi connectivity index (χ3n) is 5.74. The van der Waals surface area contributed by atoms with E-state index >= 15 is 0 Å². The van der Waals surface area contributed by atoms with Crippen LogP contribution in [-0.4, -0.2) is 48.6 Å². The number of carbonyl (C=O) groups excluding carboxylic acids is 1. The number of hydrogen-bond acceptors (Lipinski definition) is 6. The van der Waals surface area contributed by atoms with Gasteiger partial charge in [-0.05, 0) is 68.3 Å². The van der Waals surface area contributed by atoms with Gasteiger partial charge in [0.15, 0.2) is 0 Å². The zero-order chi connectivity index (χ0) is 22.5. The molecule has 32 heavy (non-hydrogen) atoms. The number of ether oxygens (including phenoxy) is 1. The summed E-state index contributed by atoms with van der Waals surface area (Å²) in [6.07, 6.45) is 1.72. The molecule has 0 radical (unpaired) electrons. The lowest BCUT2D eigenvalue weighted by molar-refractivity contribution is 0.0117. The molecule has 1 amide bonds. The smallest absolute Gasteiger partial charge is 0.254 e. The minimum absolute atomic E-state index is 0.0379. The summed E-state index contributed by atoms with van der Waals surface area (Å²) in [5.74, 6) is 1.59. The van der Waals surface area contributed by atoms with Gasteiger partial charge in [-0.3, -0.25) is 9.69 Å². The lowest BCUT2D eigenvalue weighted by Crippen LogP contribution is -2.43. The van der Waals surface area contributed by atoms with E-state index in [0.717, 1.165) is 29.5 Å². The zero-order valence-electron chi connectivity index (χ0n) is 18.8. The third-order valence-corrected chi connectivity index (χ3v) is 6.75. The molecule has 1 saturated heterocycles. The van der Waals surface area contributed by atoms with E-state index in [9.17, 15) is 4.79 Å². The maximum Gasteiger partial charge on any atom is 0.254 e. The van der Waals surface area contributed by atoms with Crippen molar-refractivity contribution in [3.63, 3.8) is 0 Å². The number of nitrogens with one attached hydrogen (secondary N) is 1. The van der Waals surface area contributed by atoms with Crippen LogP contribution in [0, 0.1) is 20.8 Å². The van der Waals surface area contributed by atoms with E-state index in [2.05, 4.69) is 47.2 Å². The molecule has 1 aliphatic rings. The molecule has 4 rings (SSSR count). The molecule has 1 fully saturated rings. The highest BCUT2D eigenvalue weighted by atomic mass is 32.2. The van der Waals surface area contributed by atoms with Crippen molar-refractivity contribution in [1.29, 1.82) is 0 Å². The Morgan fingerprint density at radius 1 is 1.12 bits per heavy atom. The van der Waals surface area contributed by atoms with Gasteiger partial charge in [-0.25, -0.2) is 4.98 Å². The van der Waals surface area contributed by atoms with Crippen LogP contribution >= 0.6 is 11.8 Å². The number of furan rings is 1. The summed E-state index contributed by atoms with van der Waals surface area (Å²) in [5.41, 5.74) is 3.04. The average molecular weight is 452 g/mol. The van der Waals surface area contributed by atoms with E-state index < -0.39 is 0 Å². The summed E-state index contributed by atoms with van der Waals surface area (Å²) in [6.45, 7) is 9.55. The predicted molar refractivity (Wildman–Crippen MR) is 125 cm³/mol. The molecule has 3 aromatic rings. The monoisotopic (exact) mass is 451 g/mol. The number of morpholine rings is 1. The van der Waals surface area contributed by atoms with Gasteiger partial charge in [-0.1, -0.05) is 17.8 Å². The van der Waals surface area contributed by atoms with E-state index in [1.165, 1.54) is 22.9 Å². The first-order chi connectivity index (χ1) is 15.5. The van der Waals surface area contributed by atoms with Crippen molar-refractivity contribution in [2.75, 3.05) is 32.8 Å². The van der Waals surface area contributed by atoms with Crippen LogP contribution in [0.5, 0.6) is 0 Å². The molecule has 7 heteroatoms. The molecule has 1 N–H and O–H groups in total. The van der Waals surface area contributed by atoms with Crippen LogP contribution in [0.2, 0.25) is 0 Å². The summed E-state index contributed by atoms with van der Waals surface area (Å²) >= 11 is 1.51. The van der Waals surface area contributed by atoms with Crippen LogP contribution < -0.4 is 5.32 Å². The van der Waals surface area contributed by atoms with Gasteiger partial charge < -0.3 is 14.5 Å². The number of carbonyl (C=O) groups is 1. The number of pyridine rings is 1. The lowest BCUT2D eigenvalue weighted by Gasteiger charge is -2.33. The molecule has 0 saturated carbocycles. The van der Waals surface area contributed by atoms with Crippen molar-refractivity contribution in [3.05, 3.63) is 76.9 Å². The molecule has 1 aromatic carbocycles. The fourth-order valence-corrected chi connectivity index (χ4v) is 4.73. The molecular weight excluding hydrogens is 422 g/mol. The van der Waals surface area contributed by atoms with E-state index in [1.54, 1.807) is 12.3 Å². The molecule has 1 unspecified atom stereocenters. The van der Waals surface area contributed by atoms with E-state index in [0.29, 0.717) is 30.3 Å². The maximum absolute atomic E-state index is 13.2. The number of rotatable bonds is 7. The van der Waals surface area contributed by atoms with Gasteiger partial charge in [0.2, 0.25) is 0 Å². The Hall–Kier alpha value is -2.61. The Balaban J connectivity index is 1.49. The van der Waals surface area contributed by atoms with Gasteiger partial charge in [0.1, 0.15) is 16.5 Å². The van der Waals surface area contributed by atoms with Gasteiger partial charge >= 0.3 is 0 Å². The normalized spacial score (nSPS) is 15.5. The molecule has 0 bridgehead atoms. The lowest BCUT2D eigenvalue weighted by atomic mass is 10.1. The van der Waals surface area contributed by atoms with Crippen LogP contribution in [-0.2, 0) is 4.74 Å². The Morgan fingerprint density at radius 3 is 2.66 bits per heavy atom. The number of benzene rings is 1. The number of nitrogens with zero attached hydrogens (tertiary/aromatic N) is 2. The topological polar surface area (TPSA) is 67.6 Å². The van der Waals surface area contributed by atoms with Crippen LogP contribution in [0.4, 0.5) is 0 Å². The van der Waals surface area contributed by atoms with Crippen molar-refractivity contribution in [3.8, 4) is 0 Å². The quantitative estimate of drug-likeness (QED) is 0.568. The highest BCUT2D eigenvalue weighted by molar-refractivity contribution is 7.99. The van der Waals surface area contributed by atoms with Gasteiger partial charge in [0.05, 0.1) is 24.8 Å². The number of aromatic nitrogens is 1.